The second-order valence-electron chi connectivity index (χ2n) is 4.14. The van der Waals surface area contributed by atoms with E-state index >= 15 is 0 Å². The van der Waals surface area contributed by atoms with Gasteiger partial charge < -0.3 is 9.15 Å². The van der Waals surface area contributed by atoms with E-state index in [1.54, 1.807) is 19.2 Å². The van der Waals surface area contributed by atoms with Gasteiger partial charge in [-0.15, -0.1) is 0 Å². The number of hydrogen-bond donors (Lipinski definition) is 0. The van der Waals surface area contributed by atoms with Gasteiger partial charge in [0.05, 0.1) is 12.7 Å². The molecule has 100 valence electrons. The predicted molar refractivity (Wildman–Crippen MR) is 80.0 cm³/mol. The molecule has 0 unspecified atom stereocenters. The van der Waals surface area contributed by atoms with E-state index in [-0.39, 0.29) is 11.5 Å². The number of ether oxygens (including phenoxy) is 1. The monoisotopic (exact) mass is 386 g/mol. The number of carbonyl (C=O) groups is 1. The highest BCUT2D eigenvalue weighted by Crippen LogP contribution is 2.34. The van der Waals surface area contributed by atoms with Crippen LogP contribution in [0.15, 0.2) is 31.8 Å². The fourth-order valence-electron chi connectivity index (χ4n) is 1.95. The smallest absolute Gasteiger partial charge is 0.232 e. The second kappa shape index (κ2) is 5.51. The third kappa shape index (κ3) is 2.62. The van der Waals surface area contributed by atoms with Crippen molar-refractivity contribution in [3.05, 3.63) is 49.8 Å². The number of benzene rings is 1. The first kappa shape index (κ1) is 14.3. The molecule has 0 spiro atoms. The lowest BCUT2D eigenvalue weighted by Gasteiger charge is -2.14. The number of furan rings is 1. The molecule has 0 bridgehead atoms. The third-order valence-corrected chi connectivity index (χ3v) is 4.14. The van der Waals surface area contributed by atoms with Crippen LogP contribution in [0.2, 0.25) is 0 Å². The second-order valence-corrected chi connectivity index (χ2v) is 5.78. The van der Waals surface area contributed by atoms with Crippen LogP contribution in [0.3, 0.4) is 0 Å². The van der Waals surface area contributed by atoms with Gasteiger partial charge in [0.2, 0.25) is 5.78 Å². The molecule has 0 atom stereocenters. The van der Waals surface area contributed by atoms with Crippen molar-refractivity contribution in [1.29, 1.82) is 0 Å². The topological polar surface area (TPSA) is 39.4 Å². The zero-order valence-electron chi connectivity index (χ0n) is 10.7. The molecule has 5 heteroatoms. The first-order valence-corrected chi connectivity index (χ1v) is 7.18. The summed E-state index contributed by atoms with van der Waals surface area (Å²) < 4.78 is 12.1. The molecule has 0 aliphatic carbocycles. The molecule has 1 aromatic carbocycles. The van der Waals surface area contributed by atoms with Gasteiger partial charge in [0.1, 0.15) is 5.75 Å². The number of aryl methyl sites for hydroxylation is 1. The van der Waals surface area contributed by atoms with Gasteiger partial charge in [0.25, 0.3) is 0 Å². The highest BCUT2D eigenvalue weighted by Gasteiger charge is 2.23. The molecule has 0 saturated carbocycles. The van der Waals surface area contributed by atoms with E-state index in [1.165, 1.54) is 0 Å². The SMILES string of the molecule is COc1c(C)cc(Br)c(C)c1C(=O)c1ccc(Br)o1. The molecule has 2 aromatic rings. The Morgan fingerprint density at radius 3 is 2.47 bits per heavy atom. The first-order chi connectivity index (χ1) is 8.95. The lowest BCUT2D eigenvalue weighted by Crippen LogP contribution is -2.07. The molecule has 2 rings (SSSR count). The van der Waals surface area contributed by atoms with Gasteiger partial charge in [-0.3, -0.25) is 4.79 Å². The molecule has 0 aliphatic rings. The number of halogens is 2. The summed E-state index contributed by atoms with van der Waals surface area (Å²) in [5.74, 6) is 0.674. The lowest BCUT2D eigenvalue weighted by atomic mass is 9.99. The quantitative estimate of drug-likeness (QED) is 0.719. The van der Waals surface area contributed by atoms with E-state index < -0.39 is 0 Å². The number of ketones is 1. The van der Waals surface area contributed by atoms with Crippen molar-refractivity contribution in [2.45, 2.75) is 13.8 Å². The van der Waals surface area contributed by atoms with Gasteiger partial charge in [0, 0.05) is 4.47 Å². The molecule has 3 nitrogen and oxygen atoms in total. The van der Waals surface area contributed by atoms with Crippen LogP contribution >= 0.6 is 31.9 Å². The Kier molecular flexibility index (Phi) is 4.16. The predicted octanol–water partition coefficient (Wildman–Crippen LogP) is 4.66. The normalized spacial score (nSPS) is 10.6. The maximum absolute atomic E-state index is 12.5. The van der Waals surface area contributed by atoms with Crippen molar-refractivity contribution >= 4 is 37.6 Å². The third-order valence-electron chi connectivity index (χ3n) is 2.89. The average molecular weight is 388 g/mol. The van der Waals surface area contributed by atoms with E-state index in [0.717, 1.165) is 15.6 Å². The first-order valence-electron chi connectivity index (χ1n) is 5.59. The Morgan fingerprint density at radius 2 is 1.95 bits per heavy atom. The molecule has 0 fully saturated rings. The summed E-state index contributed by atoms with van der Waals surface area (Å²) in [7, 11) is 1.56. The summed E-state index contributed by atoms with van der Waals surface area (Å²) in [6, 6.07) is 5.27. The maximum Gasteiger partial charge on any atom is 0.232 e. The van der Waals surface area contributed by atoms with Gasteiger partial charge >= 0.3 is 0 Å². The minimum absolute atomic E-state index is 0.190. The minimum atomic E-state index is -0.190. The van der Waals surface area contributed by atoms with Crippen LogP contribution in [0, 0.1) is 13.8 Å². The van der Waals surface area contributed by atoms with Crippen LogP contribution < -0.4 is 4.74 Å². The van der Waals surface area contributed by atoms with Gasteiger partial charge in [0.15, 0.2) is 10.4 Å². The Bertz CT molecular complexity index is 644. The number of carbonyl (C=O) groups excluding carboxylic acids is 1. The van der Waals surface area contributed by atoms with E-state index in [9.17, 15) is 4.79 Å². The molecule has 0 N–H and O–H groups in total. The molecule has 1 heterocycles. The summed E-state index contributed by atoms with van der Waals surface area (Å²) >= 11 is 6.66. The standard InChI is InChI=1S/C14H12Br2O3/c1-7-6-9(15)8(2)12(14(7)18-3)13(17)10-4-5-11(16)19-10/h4-6H,1-3H3. The van der Waals surface area contributed by atoms with Crippen molar-refractivity contribution in [2.24, 2.45) is 0 Å². The summed E-state index contributed by atoms with van der Waals surface area (Å²) in [6.07, 6.45) is 0. The van der Waals surface area contributed by atoms with E-state index in [2.05, 4.69) is 31.9 Å². The molecule has 0 radical (unpaired) electrons. The molecule has 19 heavy (non-hydrogen) atoms. The van der Waals surface area contributed by atoms with Crippen LogP contribution in [-0.4, -0.2) is 12.9 Å². The molecule has 0 saturated heterocycles. The molecule has 0 amide bonds. The fraction of sp³-hybridized carbons (Fsp3) is 0.214. The summed E-state index contributed by atoms with van der Waals surface area (Å²) in [5, 5.41) is 0. The molecule has 0 aliphatic heterocycles. The number of methoxy groups -OCH3 is 1. The van der Waals surface area contributed by atoms with Crippen molar-refractivity contribution in [1.82, 2.24) is 0 Å². The zero-order chi connectivity index (χ0) is 14.2. The number of hydrogen-bond acceptors (Lipinski definition) is 3. The summed E-state index contributed by atoms with van der Waals surface area (Å²) in [5.41, 5.74) is 2.25. The van der Waals surface area contributed by atoms with Crippen molar-refractivity contribution in [3.8, 4) is 5.75 Å². The van der Waals surface area contributed by atoms with Crippen LogP contribution in [0.25, 0.3) is 0 Å². The highest BCUT2D eigenvalue weighted by molar-refractivity contribution is 9.10. The van der Waals surface area contributed by atoms with Gasteiger partial charge in [-0.1, -0.05) is 15.9 Å². The van der Waals surface area contributed by atoms with Crippen molar-refractivity contribution < 1.29 is 13.9 Å². The van der Waals surface area contributed by atoms with Crippen LogP contribution in [0.4, 0.5) is 0 Å². The van der Waals surface area contributed by atoms with Crippen molar-refractivity contribution in [2.75, 3.05) is 7.11 Å². The lowest BCUT2D eigenvalue weighted by molar-refractivity contribution is 0.100. The fourth-order valence-corrected chi connectivity index (χ4v) is 2.79. The number of rotatable bonds is 3. The Hall–Kier alpha value is -1.07. The van der Waals surface area contributed by atoms with Crippen molar-refractivity contribution in [3.63, 3.8) is 0 Å². The highest BCUT2D eigenvalue weighted by atomic mass is 79.9. The van der Waals surface area contributed by atoms with Gasteiger partial charge in [-0.05, 0) is 59.1 Å². The minimum Gasteiger partial charge on any atom is -0.496 e. The van der Waals surface area contributed by atoms with Gasteiger partial charge in [-0.25, -0.2) is 0 Å². The summed E-state index contributed by atoms with van der Waals surface area (Å²) in [4.78, 5) is 12.5. The Labute approximate surface area is 128 Å². The molecular weight excluding hydrogens is 376 g/mol. The maximum atomic E-state index is 12.5. The summed E-state index contributed by atoms with van der Waals surface area (Å²) in [6.45, 7) is 3.77. The van der Waals surface area contributed by atoms with Crippen LogP contribution in [0.1, 0.15) is 27.2 Å². The Balaban J connectivity index is 2.64. The zero-order valence-corrected chi connectivity index (χ0v) is 13.9. The van der Waals surface area contributed by atoms with Gasteiger partial charge in [-0.2, -0.15) is 0 Å². The van der Waals surface area contributed by atoms with E-state index in [4.69, 9.17) is 9.15 Å². The van der Waals surface area contributed by atoms with Crippen LogP contribution in [-0.2, 0) is 0 Å². The molecular formula is C14H12Br2O3. The molecule has 1 aromatic heterocycles. The van der Waals surface area contributed by atoms with E-state index in [1.807, 2.05) is 19.9 Å². The van der Waals surface area contributed by atoms with Crippen LogP contribution in [0.5, 0.6) is 5.75 Å². The average Bonchev–Trinajstić information content (AvgIpc) is 2.79. The largest absolute Gasteiger partial charge is 0.496 e. The van der Waals surface area contributed by atoms with E-state index in [0.29, 0.717) is 16.0 Å². The Morgan fingerprint density at radius 1 is 1.26 bits per heavy atom.